The molecule has 3 aliphatic heterocycles. The highest BCUT2D eigenvalue weighted by molar-refractivity contribution is 6.05. The van der Waals surface area contributed by atoms with Crippen molar-refractivity contribution in [1.29, 1.82) is 0 Å². The first-order chi connectivity index (χ1) is 15.5. The Kier molecular flexibility index (Phi) is 4.87. The largest absolute Gasteiger partial charge is 0.507 e. The van der Waals surface area contributed by atoms with E-state index in [-0.39, 0.29) is 24.2 Å². The lowest BCUT2D eigenvalue weighted by Gasteiger charge is -2.11. The number of hydrogen-bond donors (Lipinski definition) is 3. The van der Waals surface area contributed by atoms with Gasteiger partial charge in [0.2, 0.25) is 5.95 Å². The van der Waals surface area contributed by atoms with Crippen molar-refractivity contribution in [3.8, 4) is 22.8 Å². The number of nitrogens with one attached hydrogen (secondary N) is 2. The van der Waals surface area contributed by atoms with E-state index in [0.717, 1.165) is 0 Å². The average Bonchev–Trinajstić information content (AvgIpc) is 2.80. The molecule has 7 rings (SSSR count). The van der Waals surface area contributed by atoms with Crippen LogP contribution in [0.1, 0.15) is 15.9 Å². The molecule has 0 saturated carbocycles. The molecule has 0 saturated heterocycles. The third-order valence-electron chi connectivity index (χ3n) is 5.00. The molecule has 0 unspecified atom stereocenters. The average molecular weight is 428 g/mol. The van der Waals surface area contributed by atoms with E-state index < -0.39 is 5.82 Å². The normalized spacial score (nSPS) is 12.7. The molecule has 8 bridgehead atoms. The monoisotopic (exact) mass is 428 g/mol. The summed E-state index contributed by atoms with van der Waals surface area (Å²) in [5, 5.41) is 16.4. The van der Waals surface area contributed by atoms with Crippen LogP contribution in [0.2, 0.25) is 0 Å². The summed E-state index contributed by atoms with van der Waals surface area (Å²) in [4.78, 5) is 21.2. The number of rotatable bonds is 0. The quantitative estimate of drug-likeness (QED) is 0.370. The van der Waals surface area contributed by atoms with Crippen LogP contribution in [-0.2, 0) is 6.61 Å². The summed E-state index contributed by atoms with van der Waals surface area (Å²) in [7, 11) is 0. The van der Waals surface area contributed by atoms with Crippen molar-refractivity contribution in [3.05, 3.63) is 89.9 Å². The molecule has 32 heavy (non-hydrogen) atoms. The van der Waals surface area contributed by atoms with E-state index in [2.05, 4.69) is 20.6 Å². The van der Waals surface area contributed by atoms with Crippen LogP contribution in [-0.4, -0.2) is 21.0 Å². The number of fused-ring (bicyclic) bond motifs is 2. The Bertz CT molecular complexity index is 1330. The van der Waals surface area contributed by atoms with Crippen LogP contribution < -0.4 is 15.4 Å². The number of nitrogens with zero attached hydrogens (tertiary/aromatic N) is 2. The minimum absolute atomic E-state index is 0.0194. The Morgan fingerprint density at radius 3 is 2.56 bits per heavy atom. The van der Waals surface area contributed by atoms with Crippen molar-refractivity contribution in [1.82, 2.24) is 9.97 Å². The number of benzene rings is 3. The lowest BCUT2D eigenvalue weighted by atomic mass is 10.1. The van der Waals surface area contributed by atoms with E-state index in [9.17, 15) is 14.3 Å². The van der Waals surface area contributed by atoms with Crippen LogP contribution in [0.5, 0.6) is 11.5 Å². The van der Waals surface area contributed by atoms with Gasteiger partial charge in [-0.1, -0.05) is 0 Å². The fourth-order valence-corrected chi connectivity index (χ4v) is 3.35. The molecule has 3 aliphatic rings. The Morgan fingerprint density at radius 1 is 0.938 bits per heavy atom. The van der Waals surface area contributed by atoms with Gasteiger partial charge in [-0.05, 0) is 66.7 Å². The summed E-state index contributed by atoms with van der Waals surface area (Å²) in [5.74, 6) is -0.0634. The Hall–Kier alpha value is -4.46. The maximum absolute atomic E-state index is 14.3. The van der Waals surface area contributed by atoms with Gasteiger partial charge in [-0.15, -0.1) is 0 Å². The highest BCUT2D eigenvalue weighted by Crippen LogP contribution is 2.30. The molecule has 0 spiro atoms. The predicted molar refractivity (Wildman–Crippen MR) is 118 cm³/mol. The molecule has 1 amide bonds. The number of phenols is 1. The minimum atomic E-state index is -0.398. The van der Waals surface area contributed by atoms with Crippen molar-refractivity contribution < 1.29 is 19.0 Å². The number of carbonyl (C=O) groups excluding carboxylic acids is 1. The number of aromatic nitrogens is 2. The zero-order chi connectivity index (χ0) is 22.1. The van der Waals surface area contributed by atoms with Gasteiger partial charge in [-0.3, -0.25) is 4.79 Å². The number of carbonyl (C=O) groups is 1. The molecular weight excluding hydrogens is 411 g/mol. The summed E-state index contributed by atoms with van der Waals surface area (Å²) in [5.41, 5.74) is 2.71. The van der Waals surface area contributed by atoms with Crippen LogP contribution in [0.15, 0.2) is 72.9 Å². The van der Waals surface area contributed by atoms with E-state index in [1.165, 1.54) is 12.1 Å². The maximum atomic E-state index is 14.3. The predicted octanol–water partition coefficient (Wildman–Crippen LogP) is 4.88. The molecule has 4 aromatic rings. The summed E-state index contributed by atoms with van der Waals surface area (Å²) >= 11 is 0. The molecular formula is C24H17FN4O3. The standard InChI is InChI=1S/C24H17FN4O3/c25-20-8-4-17-11-15(20)13-32-18-5-2-16(3-6-18)27-23(31)14-1-7-19(22(30)12-14)21-9-10-26-24(28-17)29-21/h1-12,30H,13H2,(H,27,31)(H,26,28,29). The number of aromatic hydroxyl groups is 1. The van der Waals surface area contributed by atoms with Gasteiger partial charge in [0.1, 0.15) is 23.9 Å². The van der Waals surface area contributed by atoms with Crippen molar-refractivity contribution in [2.75, 3.05) is 10.6 Å². The van der Waals surface area contributed by atoms with Gasteiger partial charge in [0.25, 0.3) is 5.91 Å². The van der Waals surface area contributed by atoms with Gasteiger partial charge in [0, 0.05) is 34.3 Å². The van der Waals surface area contributed by atoms with E-state index in [1.807, 2.05) is 0 Å². The number of anilines is 3. The summed E-state index contributed by atoms with van der Waals surface area (Å²) in [6.07, 6.45) is 1.54. The van der Waals surface area contributed by atoms with E-state index in [4.69, 9.17) is 4.74 Å². The maximum Gasteiger partial charge on any atom is 0.255 e. The van der Waals surface area contributed by atoms with Crippen LogP contribution in [0.25, 0.3) is 11.3 Å². The molecule has 7 nitrogen and oxygen atoms in total. The number of amides is 1. The third-order valence-corrected chi connectivity index (χ3v) is 5.00. The van der Waals surface area contributed by atoms with Crippen molar-refractivity contribution in [2.45, 2.75) is 6.61 Å². The van der Waals surface area contributed by atoms with Gasteiger partial charge < -0.3 is 20.5 Å². The SMILES string of the molecule is O=C1Nc2ccc(cc2)OCc2cc(ccc2F)Nc2nccc(n2)-c2ccc1cc2O. The highest BCUT2D eigenvalue weighted by Gasteiger charge is 2.14. The molecule has 0 fully saturated rings. The number of ether oxygens (including phenoxy) is 1. The molecule has 0 aliphatic carbocycles. The van der Waals surface area contributed by atoms with E-state index in [1.54, 1.807) is 60.8 Å². The molecule has 3 aromatic carbocycles. The molecule has 4 heterocycles. The fraction of sp³-hybridized carbons (Fsp3) is 0.0417. The van der Waals surface area contributed by atoms with Crippen LogP contribution >= 0.6 is 0 Å². The smallest absolute Gasteiger partial charge is 0.255 e. The Morgan fingerprint density at radius 2 is 1.75 bits per heavy atom. The second kappa shape index (κ2) is 7.99. The first kappa shape index (κ1) is 19.5. The van der Waals surface area contributed by atoms with Crippen molar-refractivity contribution in [2.24, 2.45) is 0 Å². The topological polar surface area (TPSA) is 96.4 Å². The van der Waals surface area contributed by atoms with Gasteiger partial charge in [0.15, 0.2) is 0 Å². The van der Waals surface area contributed by atoms with Crippen LogP contribution in [0, 0.1) is 5.82 Å². The van der Waals surface area contributed by atoms with Crippen molar-refractivity contribution >= 4 is 23.2 Å². The lowest BCUT2D eigenvalue weighted by molar-refractivity contribution is 0.102. The van der Waals surface area contributed by atoms with Gasteiger partial charge in [0.05, 0.1) is 5.69 Å². The van der Waals surface area contributed by atoms with Gasteiger partial charge >= 0.3 is 0 Å². The molecule has 3 N–H and O–H groups in total. The van der Waals surface area contributed by atoms with Crippen molar-refractivity contribution in [3.63, 3.8) is 0 Å². The fourth-order valence-electron chi connectivity index (χ4n) is 3.35. The zero-order valence-corrected chi connectivity index (χ0v) is 16.7. The Labute approximate surface area is 182 Å². The number of hydrogen-bond acceptors (Lipinski definition) is 6. The van der Waals surface area contributed by atoms with Gasteiger partial charge in [-0.2, -0.15) is 0 Å². The number of halogens is 1. The second-order valence-electron chi connectivity index (χ2n) is 7.20. The zero-order valence-electron chi connectivity index (χ0n) is 16.7. The first-order valence-corrected chi connectivity index (χ1v) is 9.81. The van der Waals surface area contributed by atoms with Gasteiger partial charge in [-0.25, -0.2) is 14.4 Å². The minimum Gasteiger partial charge on any atom is -0.507 e. The molecule has 158 valence electrons. The summed E-state index contributed by atoms with van der Waals surface area (Å²) < 4.78 is 20.0. The van der Waals surface area contributed by atoms with Crippen LogP contribution in [0.4, 0.5) is 21.7 Å². The highest BCUT2D eigenvalue weighted by atomic mass is 19.1. The summed E-state index contributed by atoms with van der Waals surface area (Å²) in [6.45, 7) is 0.0194. The lowest BCUT2D eigenvalue weighted by Crippen LogP contribution is -2.11. The van der Waals surface area contributed by atoms with E-state index >= 15 is 0 Å². The Balaban J connectivity index is 1.60. The number of phenolic OH excluding ortho intramolecular Hbond substituents is 1. The first-order valence-electron chi connectivity index (χ1n) is 9.81. The molecule has 0 radical (unpaired) electrons. The van der Waals surface area contributed by atoms with Crippen LogP contribution in [0.3, 0.4) is 0 Å². The second-order valence-corrected chi connectivity index (χ2v) is 7.20. The molecule has 1 aromatic heterocycles. The third kappa shape index (κ3) is 3.93. The molecule has 0 atom stereocenters. The molecule has 8 heteroatoms. The van der Waals surface area contributed by atoms with E-state index in [0.29, 0.717) is 39.5 Å². The summed E-state index contributed by atoms with van der Waals surface area (Å²) in [6, 6.07) is 17.6.